The fourth-order valence-corrected chi connectivity index (χ4v) is 3.98. The Morgan fingerprint density at radius 2 is 2.08 bits per heavy atom. The van der Waals surface area contributed by atoms with Gasteiger partial charge in [-0.15, -0.1) is 0 Å². The Morgan fingerprint density at radius 1 is 1.31 bits per heavy atom. The number of carbonyl (C=O) groups excluding carboxylic acids is 1. The fraction of sp³-hybridized carbons (Fsp3) is 0.381. The standard InChI is InChI=1S/C21H25ClN2O2/c1-5-26-17-9-10-19-18(12-17)14(2)13-21(3,4)24(19)20(25)23-16-8-6-7-15(22)11-16/h6-12,14H,5,13H2,1-4H3,(H,23,25)/t14-/m0/s1. The van der Waals surface area contributed by atoms with Crippen molar-refractivity contribution in [1.82, 2.24) is 0 Å². The summed E-state index contributed by atoms with van der Waals surface area (Å²) in [6.07, 6.45) is 0.874. The molecule has 0 saturated heterocycles. The van der Waals surface area contributed by atoms with Crippen molar-refractivity contribution >= 4 is 29.0 Å². The van der Waals surface area contributed by atoms with Gasteiger partial charge in [0.15, 0.2) is 0 Å². The third-order valence-electron chi connectivity index (χ3n) is 4.77. The van der Waals surface area contributed by atoms with Crippen LogP contribution in [-0.4, -0.2) is 18.2 Å². The van der Waals surface area contributed by atoms with E-state index in [9.17, 15) is 4.79 Å². The highest BCUT2D eigenvalue weighted by molar-refractivity contribution is 6.30. The highest BCUT2D eigenvalue weighted by atomic mass is 35.5. The monoisotopic (exact) mass is 372 g/mol. The van der Waals surface area contributed by atoms with Crippen LogP contribution in [0, 0.1) is 0 Å². The number of anilines is 2. The molecule has 138 valence electrons. The zero-order chi connectivity index (χ0) is 18.9. The van der Waals surface area contributed by atoms with E-state index in [1.54, 1.807) is 12.1 Å². The Labute approximate surface area is 160 Å². The van der Waals surface area contributed by atoms with Gasteiger partial charge in [-0.3, -0.25) is 4.90 Å². The maximum atomic E-state index is 13.1. The van der Waals surface area contributed by atoms with Gasteiger partial charge in [-0.1, -0.05) is 24.6 Å². The zero-order valence-corrected chi connectivity index (χ0v) is 16.4. The van der Waals surface area contributed by atoms with E-state index in [4.69, 9.17) is 16.3 Å². The van der Waals surface area contributed by atoms with Crippen LogP contribution < -0.4 is 15.0 Å². The maximum Gasteiger partial charge on any atom is 0.326 e. The summed E-state index contributed by atoms with van der Waals surface area (Å²) in [4.78, 5) is 15.0. The number of hydrogen-bond donors (Lipinski definition) is 1. The number of nitrogens with one attached hydrogen (secondary N) is 1. The van der Waals surface area contributed by atoms with Gasteiger partial charge in [0.05, 0.1) is 6.61 Å². The molecule has 3 rings (SSSR count). The quantitative estimate of drug-likeness (QED) is 0.711. The minimum atomic E-state index is -0.303. The number of fused-ring (bicyclic) bond motifs is 1. The summed E-state index contributed by atoms with van der Waals surface area (Å²) >= 11 is 6.04. The van der Waals surface area contributed by atoms with Gasteiger partial charge >= 0.3 is 6.03 Å². The summed E-state index contributed by atoms with van der Waals surface area (Å²) in [5.74, 6) is 1.18. The molecule has 5 heteroatoms. The van der Waals surface area contributed by atoms with Crippen LogP contribution >= 0.6 is 11.6 Å². The second-order valence-electron chi connectivity index (χ2n) is 7.35. The van der Waals surface area contributed by atoms with Crippen LogP contribution in [0.3, 0.4) is 0 Å². The SMILES string of the molecule is CCOc1ccc2c(c1)[C@@H](C)CC(C)(C)N2C(=O)Nc1cccc(Cl)c1. The summed E-state index contributed by atoms with van der Waals surface area (Å²) in [5, 5.41) is 3.57. The minimum absolute atomic E-state index is 0.158. The average molecular weight is 373 g/mol. The van der Waals surface area contributed by atoms with Crippen molar-refractivity contribution in [3.05, 3.63) is 53.1 Å². The lowest BCUT2D eigenvalue weighted by molar-refractivity contribution is 0.247. The van der Waals surface area contributed by atoms with Gasteiger partial charge in [0, 0.05) is 21.9 Å². The lowest BCUT2D eigenvalue weighted by Crippen LogP contribution is -2.53. The van der Waals surface area contributed by atoms with E-state index in [2.05, 4.69) is 32.2 Å². The van der Waals surface area contributed by atoms with Crippen LogP contribution in [0.1, 0.15) is 45.6 Å². The van der Waals surface area contributed by atoms with Gasteiger partial charge in [-0.2, -0.15) is 0 Å². The molecule has 1 heterocycles. The van der Waals surface area contributed by atoms with Crippen LogP contribution in [0.25, 0.3) is 0 Å². The largest absolute Gasteiger partial charge is 0.494 e. The van der Waals surface area contributed by atoms with E-state index in [0.29, 0.717) is 23.2 Å². The fourth-order valence-electron chi connectivity index (χ4n) is 3.79. The van der Waals surface area contributed by atoms with E-state index in [0.717, 1.165) is 23.4 Å². The van der Waals surface area contributed by atoms with E-state index >= 15 is 0 Å². The molecule has 4 nitrogen and oxygen atoms in total. The van der Waals surface area contributed by atoms with Gasteiger partial charge in [0.2, 0.25) is 0 Å². The number of halogens is 1. The first-order valence-corrected chi connectivity index (χ1v) is 9.33. The molecular weight excluding hydrogens is 348 g/mol. The van der Waals surface area contributed by atoms with Crippen molar-refractivity contribution in [3.63, 3.8) is 0 Å². The molecule has 1 N–H and O–H groups in total. The predicted octanol–water partition coefficient (Wildman–Crippen LogP) is 6.06. The average Bonchev–Trinajstić information content (AvgIpc) is 2.55. The van der Waals surface area contributed by atoms with Crippen LogP contribution in [0.4, 0.5) is 16.2 Å². The Hall–Kier alpha value is -2.20. The number of carbonyl (C=O) groups is 1. The summed E-state index contributed by atoms with van der Waals surface area (Å²) < 4.78 is 5.64. The Morgan fingerprint density at radius 3 is 2.77 bits per heavy atom. The minimum Gasteiger partial charge on any atom is -0.494 e. The van der Waals surface area contributed by atoms with E-state index in [1.165, 1.54) is 0 Å². The molecule has 2 aromatic carbocycles. The lowest BCUT2D eigenvalue weighted by atomic mass is 9.80. The molecule has 2 amide bonds. The number of urea groups is 1. The molecule has 0 spiro atoms. The molecule has 0 saturated carbocycles. The van der Waals surface area contributed by atoms with Crippen molar-refractivity contribution in [2.24, 2.45) is 0 Å². The molecule has 1 aliphatic heterocycles. The van der Waals surface area contributed by atoms with Crippen LogP contribution in [0.2, 0.25) is 5.02 Å². The summed E-state index contributed by atoms with van der Waals surface area (Å²) in [5.41, 5.74) is 2.44. The summed E-state index contributed by atoms with van der Waals surface area (Å²) in [6, 6.07) is 13.0. The molecule has 1 atom stereocenters. The topological polar surface area (TPSA) is 41.6 Å². The number of amides is 2. The van der Waals surface area contributed by atoms with Crippen LogP contribution in [0.15, 0.2) is 42.5 Å². The van der Waals surface area contributed by atoms with Crippen molar-refractivity contribution < 1.29 is 9.53 Å². The molecule has 0 aromatic heterocycles. The first-order chi connectivity index (χ1) is 12.3. The number of hydrogen-bond acceptors (Lipinski definition) is 2. The second kappa shape index (κ2) is 7.20. The smallest absolute Gasteiger partial charge is 0.326 e. The second-order valence-corrected chi connectivity index (χ2v) is 7.78. The van der Waals surface area contributed by atoms with Gasteiger partial charge in [-0.05, 0) is 75.1 Å². The lowest BCUT2D eigenvalue weighted by Gasteiger charge is -2.45. The normalized spacial score (nSPS) is 18.2. The number of rotatable bonds is 3. The van der Waals surface area contributed by atoms with Gasteiger partial charge < -0.3 is 10.1 Å². The summed E-state index contributed by atoms with van der Waals surface area (Å²) in [6.45, 7) is 8.98. The third kappa shape index (κ3) is 3.65. The highest BCUT2D eigenvalue weighted by Crippen LogP contribution is 2.44. The van der Waals surface area contributed by atoms with Crippen LogP contribution in [0.5, 0.6) is 5.75 Å². The molecule has 2 aromatic rings. The maximum absolute atomic E-state index is 13.1. The molecule has 1 aliphatic rings. The molecule has 0 fully saturated rings. The van der Waals surface area contributed by atoms with E-state index < -0.39 is 0 Å². The van der Waals surface area contributed by atoms with E-state index in [-0.39, 0.29) is 11.6 Å². The number of nitrogens with zero attached hydrogens (tertiary/aromatic N) is 1. The third-order valence-corrected chi connectivity index (χ3v) is 5.01. The predicted molar refractivity (Wildman–Crippen MR) is 108 cm³/mol. The Balaban J connectivity index is 1.97. The van der Waals surface area contributed by atoms with Gasteiger partial charge in [0.1, 0.15) is 5.75 Å². The van der Waals surface area contributed by atoms with E-state index in [1.807, 2.05) is 36.1 Å². The van der Waals surface area contributed by atoms with Gasteiger partial charge in [0.25, 0.3) is 0 Å². The van der Waals surface area contributed by atoms with Crippen molar-refractivity contribution in [1.29, 1.82) is 0 Å². The number of ether oxygens (including phenoxy) is 1. The van der Waals surface area contributed by atoms with Crippen molar-refractivity contribution in [2.75, 3.05) is 16.8 Å². The van der Waals surface area contributed by atoms with Crippen LogP contribution in [-0.2, 0) is 0 Å². The molecule has 0 unspecified atom stereocenters. The zero-order valence-electron chi connectivity index (χ0n) is 15.7. The van der Waals surface area contributed by atoms with Crippen molar-refractivity contribution in [2.45, 2.75) is 45.6 Å². The Bertz CT molecular complexity index is 819. The Kier molecular flexibility index (Phi) is 5.15. The first kappa shape index (κ1) is 18.6. The molecular formula is C21H25ClN2O2. The first-order valence-electron chi connectivity index (χ1n) is 8.95. The highest BCUT2D eigenvalue weighted by Gasteiger charge is 2.40. The number of benzene rings is 2. The molecule has 0 aliphatic carbocycles. The molecule has 26 heavy (non-hydrogen) atoms. The molecule has 0 bridgehead atoms. The summed E-state index contributed by atoms with van der Waals surface area (Å²) in [7, 11) is 0. The molecule has 0 radical (unpaired) electrons. The van der Waals surface area contributed by atoms with Crippen molar-refractivity contribution in [3.8, 4) is 5.75 Å². The van der Waals surface area contributed by atoms with Gasteiger partial charge in [-0.25, -0.2) is 4.79 Å².